The molecule has 1 saturated heterocycles. The van der Waals surface area contributed by atoms with E-state index in [0.717, 1.165) is 32.8 Å². The highest BCUT2D eigenvalue weighted by atomic mass is 16.5. The number of hydrogen-bond donors (Lipinski definition) is 1. The third-order valence-corrected chi connectivity index (χ3v) is 5.80. The Labute approximate surface area is 157 Å². The predicted molar refractivity (Wildman–Crippen MR) is 108 cm³/mol. The van der Waals surface area contributed by atoms with Crippen LogP contribution in [0.5, 0.6) is 0 Å². The van der Waals surface area contributed by atoms with Crippen LogP contribution in [0.4, 0.5) is 5.69 Å². The molecule has 0 aromatic heterocycles. The van der Waals surface area contributed by atoms with Crippen LogP contribution in [0.3, 0.4) is 0 Å². The topological polar surface area (TPSA) is 24.5 Å². The van der Waals surface area contributed by atoms with Crippen LogP contribution in [0.2, 0.25) is 0 Å². The summed E-state index contributed by atoms with van der Waals surface area (Å²) in [7, 11) is 0. The van der Waals surface area contributed by atoms with Crippen LogP contribution in [0.1, 0.15) is 48.1 Å². The van der Waals surface area contributed by atoms with Crippen LogP contribution < -0.4 is 10.2 Å². The fourth-order valence-electron chi connectivity index (χ4n) is 4.06. The molecule has 4 rings (SSSR count). The molecule has 3 heteroatoms. The average molecular weight is 351 g/mol. The molecule has 0 bridgehead atoms. The summed E-state index contributed by atoms with van der Waals surface area (Å²) in [6.45, 7) is 6.83. The van der Waals surface area contributed by atoms with E-state index in [4.69, 9.17) is 4.74 Å². The van der Waals surface area contributed by atoms with E-state index in [-0.39, 0.29) is 0 Å². The molecule has 0 spiro atoms. The zero-order chi connectivity index (χ0) is 17.8. The average Bonchev–Trinajstić information content (AvgIpc) is 2.72. The van der Waals surface area contributed by atoms with E-state index in [1.165, 1.54) is 42.5 Å². The summed E-state index contributed by atoms with van der Waals surface area (Å²) < 4.78 is 5.43. The fourth-order valence-corrected chi connectivity index (χ4v) is 4.06. The highest BCUT2D eigenvalue weighted by Crippen LogP contribution is 2.25. The molecule has 2 aromatic rings. The van der Waals surface area contributed by atoms with Crippen molar-refractivity contribution in [1.82, 2.24) is 5.32 Å². The molecule has 138 valence electrons. The van der Waals surface area contributed by atoms with E-state index >= 15 is 0 Å². The zero-order valence-electron chi connectivity index (χ0n) is 15.8. The smallest absolute Gasteiger partial charge is 0.0642 e. The van der Waals surface area contributed by atoms with Gasteiger partial charge in [-0.2, -0.15) is 0 Å². The van der Waals surface area contributed by atoms with Gasteiger partial charge in [0.1, 0.15) is 0 Å². The Morgan fingerprint density at radius 3 is 2.46 bits per heavy atom. The van der Waals surface area contributed by atoms with Crippen molar-refractivity contribution >= 4 is 5.69 Å². The van der Waals surface area contributed by atoms with Gasteiger partial charge < -0.3 is 15.0 Å². The molecule has 3 nitrogen and oxygen atoms in total. The standard InChI is InChI=1S/C23H30N2O/c1-18(21-9-8-20-4-2-3-5-22(20)16-21)24-17-19-6-10-23(11-7-19)25-12-14-26-15-13-25/h6-11,16,18,24H,2-5,12-15,17H2,1H3. The van der Waals surface area contributed by atoms with E-state index in [2.05, 4.69) is 59.6 Å². The second-order valence-corrected chi connectivity index (χ2v) is 7.60. The van der Waals surface area contributed by atoms with Gasteiger partial charge in [0, 0.05) is 31.4 Å². The van der Waals surface area contributed by atoms with Gasteiger partial charge in [0.25, 0.3) is 0 Å². The van der Waals surface area contributed by atoms with Gasteiger partial charge in [0.05, 0.1) is 13.2 Å². The molecule has 1 unspecified atom stereocenters. The second kappa shape index (κ2) is 8.24. The molecule has 1 atom stereocenters. The number of nitrogens with one attached hydrogen (secondary N) is 1. The van der Waals surface area contributed by atoms with Crippen molar-refractivity contribution in [1.29, 1.82) is 0 Å². The maximum absolute atomic E-state index is 5.43. The molecule has 1 heterocycles. The lowest BCUT2D eigenvalue weighted by atomic mass is 9.89. The predicted octanol–water partition coefficient (Wildman–Crippen LogP) is 4.25. The molecule has 2 aliphatic rings. The summed E-state index contributed by atoms with van der Waals surface area (Å²) in [6.07, 6.45) is 5.19. The van der Waals surface area contributed by atoms with Crippen LogP contribution >= 0.6 is 0 Å². The van der Waals surface area contributed by atoms with Gasteiger partial charge in [0.2, 0.25) is 0 Å². The van der Waals surface area contributed by atoms with Gasteiger partial charge in [-0.3, -0.25) is 0 Å². The van der Waals surface area contributed by atoms with Crippen molar-refractivity contribution in [3.05, 3.63) is 64.7 Å². The molecule has 1 aliphatic heterocycles. The van der Waals surface area contributed by atoms with Crippen LogP contribution in [-0.2, 0) is 24.1 Å². The second-order valence-electron chi connectivity index (χ2n) is 7.60. The van der Waals surface area contributed by atoms with Gasteiger partial charge >= 0.3 is 0 Å². The third kappa shape index (κ3) is 4.11. The highest BCUT2D eigenvalue weighted by molar-refractivity contribution is 5.48. The van der Waals surface area contributed by atoms with E-state index in [1.54, 1.807) is 11.1 Å². The Morgan fingerprint density at radius 1 is 0.962 bits per heavy atom. The van der Waals surface area contributed by atoms with Crippen molar-refractivity contribution < 1.29 is 4.74 Å². The number of hydrogen-bond acceptors (Lipinski definition) is 3. The lowest BCUT2D eigenvalue weighted by molar-refractivity contribution is 0.122. The summed E-state index contributed by atoms with van der Waals surface area (Å²) >= 11 is 0. The van der Waals surface area contributed by atoms with E-state index in [0.29, 0.717) is 6.04 Å². The number of benzene rings is 2. The van der Waals surface area contributed by atoms with Crippen LogP contribution in [0, 0.1) is 0 Å². The van der Waals surface area contributed by atoms with Crippen molar-refractivity contribution in [3.8, 4) is 0 Å². The van der Waals surface area contributed by atoms with E-state index in [1.807, 2.05) is 0 Å². The monoisotopic (exact) mass is 350 g/mol. The third-order valence-electron chi connectivity index (χ3n) is 5.80. The first-order valence-electron chi connectivity index (χ1n) is 10.1. The summed E-state index contributed by atoms with van der Waals surface area (Å²) in [5, 5.41) is 3.69. The minimum absolute atomic E-state index is 0.376. The molecular weight excluding hydrogens is 320 g/mol. The Kier molecular flexibility index (Phi) is 5.57. The molecule has 0 radical (unpaired) electrons. The van der Waals surface area contributed by atoms with Crippen LogP contribution in [0.25, 0.3) is 0 Å². The van der Waals surface area contributed by atoms with Crippen molar-refractivity contribution in [2.75, 3.05) is 31.2 Å². The first-order chi connectivity index (χ1) is 12.8. The Balaban J connectivity index is 1.34. The summed E-state index contributed by atoms with van der Waals surface area (Å²) in [5.74, 6) is 0. The Morgan fingerprint density at radius 2 is 1.69 bits per heavy atom. The van der Waals surface area contributed by atoms with Gasteiger partial charge in [-0.05, 0) is 67.0 Å². The highest BCUT2D eigenvalue weighted by Gasteiger charge is 2.13. The van der Waals surface area contributed by atoms with Gasteiger partial charge in [-0.25, -0.2) is 0 Å². The largest absolute Gasteiger partial charge is 0.378 e. The Bertz CT molecular complexity index is 719. The molecular formula is C23H30N2O. The van der Waals surface area contributed by atoms with Crippen molar-refractivity contribution in [3.63, 3.8) is 0 Å². The molecule has 1 N–H and O–H groups in total. The number of rotatable bonds is 5. The molecule has 2 aromatic carbocycles. The fraction of sp³-hybridized carbons (Fsp3) is 0.478. The lowest BCUT2D eigenvalue weighted by Gasteiger charge is -2.29. The normalized spacial score (nSPS) is 18.4. The summed E-state index contributed by atoms with van der Waals surface area (Å²) in [4.78, 5) is 2.40. The summed E-state index contributed by atoms with van der Waals surface area (Å²) in [5.41, 5.74) is 7.19. The van der Waals surface area contributed by atoms with E-state index < -0.39 is 0 Å². The number of fused-ring (bicyclic) bond motifs is 1. The minimum Gasteiger partial charge on any atom is -0.378 e. The van der Waals surface area contributed by atoms with Crippen LogP contribution in [0.15, 0.2) is 42.5 Å². The number of ether oxygens (including phenoxy) is 1. The van der Waals surface area contributed by atoms with Crippen molar-refractivity contribution in [2.24, 2.45) is 0 Å². The maximum atomic E-state index is 5.43. The first-order valence-corrected chi connectivity index (χ1v) is 10.1. The molecule has 0 amide bonds. The number of anilines is 1. The molecule has 0 saturated carbocycles. The quantitative estimate of drug-likeness (QED) is 0.872. The van der Waals surface area contributed by atoms with Crippen molar-refractivity contribution in [2.45, 2.75) is 45.2 Å². The van der Waals surface area contributed by atoms with Crippen LogP contribution in [-0.4, -0.2) is 26.3 Å². The van der Waals surface area contributed by atoms with Gasteiger partial charge in [-0.1, -0.05) is 30.3 Å². The van der Waals surface area contributed by atoms with E-state index in [9.17, 15) is 0 Å². The first kappa shape index (κ1) is 17.6. The SMILES string of the molecule is CC(NCc1ccc(N2CCOCC2)cc1)c1ccc2c(c1)CCCC2. The summed E-state index contributed by atoms with van der Waals surface area (Å²) in [6, 6.07) is 16.4. The Hall–Kier alpha value is -1.84. The molecule has 1 fully saturated rings. The number of morpholine rings is 1. The van der Waals surface area contributed by atoms with Gasteiger partial charge in [0.15, 0.2) is 0 Å². The van der Waals surface area contributed by atoms with Gasteiger partial charge in [-0.15, -0.1) is 0 Å². The maximum Gasteiger partial charge on any atom is 0.0642 e. The molecule has 26 heavy (non-hydrogen) atoms. The zero-order valence-corrected chi connectivity index (χ0v) is 15.8. The minimum atomic E-state index is 0.376. The number of aryl methyl sites for hydroxylation is 2. The molecule has 1 aliphatic carbocycles. The lowest BCUT2D eigenvalue weighted by Crippen LogP contribution is -2.36. The number of nitrogens with zero attached hydrogens (tertiary/aromatic N) is 1.